The van der Waals surface area contributed by atoms with Crippen LogP contribution in [0.3, 0.4) is 0 Å². The molecule has 2 heteroatoms. The number of hydrogen-bond acceptors (Lipinski definition) is 2. The van der Waals surface area contributed by atoms with Crippen molar-refractivity contribution in [1.29, 1.82) is 0 Å². The van der Waals surface area contributed by atoms with Crippen molar-refractivity contribution in [2.75, 3.05) is 0 Å². The van der Waals surface area contributed by atoms with Gasteiger partial charge >= 0.3 is 0 Å². The van der Waals surface area contributed by atoms with Crippen molar-refractivity contribution in [2.24, 2.45) is 0 Å². The summed E-state index contributed by atoms with van der Waals surface area (Å²) < 4.78 is 0. The van der Waals surface area contributed by atoms with E-state index in [1.165, 1.54) is 27.6 Å². The summed E-state index contributed by atoms with van der Waals surface area (Å²) in [5, 5.41) is 28.9. The van der Waals surface area contributed by atoms with Gasteiger partial charge in [0.1, 0.15) is 11.5 Å². The van der Waals surface area contributed by atoms with Gasteiger partial charge in [-0.15, -0.1) is 0 Å². The summed E-state index contributed by atoms with van der Waals surface area (Å²) >= 11 is 0. The smallest absolute Gasteiger partial charge is 0.127 e. The Morgan fingerprint density at radius 2 is 1.00 bits per heavy atom. The van der Waals surface area contributed by atoms with Gasteiger partial charge in [-0.05, 0) is 86.6 Å². The van der Waals surface area contributed by atoms with Crippen LogP contribution in [0, 0.1) is 6.92 Å². The van der Waals surface area contributed by atoms with E-state index in [9.17, 15) is 10.2 Å². The zero-order valence-electron chi connectivity index (χ0n) is 13.7. The maximum atomic E-state index is 10.2. The van der Waals surface area contributed by atoms with Gasteiger partial charge in [0, 0.05) is 11.5 Å². The lowest BCUT2D eigenvalue weighted by Gasteiger charge is -2.10. The maximum Gasteiger partial charge on any atom is 0.127 e. The van der Waals surface area contributed by atoms with Crippen LogP contribution in [-0.4, -0.2) is 10.2 Å². The third-order valence-electron chi connectivity index (χ3n) is 5.13. The molecule has 25 heavy (non-hydrogen) atoms. The number of benzene rings is 5. The summed E-state index contributed by atoms with van der Waals surface area (Å²) in [5.41, 5.74) is 0.785. The van der Waals surface area contributed by atoms with Crippen LogP contribution in [0.5, 0.6) is 11.5 Å². The summed E-state index contributed by atoms with van der Waals surface area (Å²) in [6, 6.07) is 22.6. The van der Waals surface area contributed by atoms with E-state index in [1.54, 1.807) is 0 Å². The fourth-order valence-corrected chi connectivity index (χ4v) is 3.72. The molecule has 5 aromatic carbocycles. The largest absolute Gasteiger partial charge is 0.508 e. The van der Waals surface area contributed by atoms with Crippen LogP contribution in [0.15, 0.2) is 66.7 Å². The number of hydrogen-bond donors (Lipinski definition) is 2. The van der Waals surface area contributed by atoms with E-state index in [4.69, 9.17) is 0 Å². The Labute approximate surface area is 144 Å². The van der Waals surface area contributed by atoms with E-state index >= 15 is 0 Å². The van der Waals surface area contributed by atoms with Gasteiger partial charge in [0.15, 0.2) is 0 Å². The first-order valence-corrected chi connectivity index (χ1v) is 8.32. The summed E-state index contributed by atoms with van der Waals surface area (Å²) in [5.74, 6) is 0.231. The SMILES string of the molecule is Cc1c(O)cc(O)c2cc3cc4cc5ccccc5cc4cc3cc12. The molecule has 0 saturated carbocycles. The molecule has 0 heterocycles. The first-order valence-electron chi connectivity index (χ1n) is 8.32. The van der Waals surface area contributed by atoms with Crippen LogP contribution >= 0.6 is 0 Å². The van der Waals surface area contributed by atoms with Crippen LogP contribution in [0.2, 0.25) is 0 Å². The molecule has 2 N–H and O–H groups in total. The van der Waals surface area contributed by atoms with Gasteiger partial charge in [0.25, 0.3) is 0 Å². The summed E-state index contributed by atoms with van der Waals surface area (Å²) in [6.45, 7) is 1.87. The van der Waals surface area contributed by atoms with Crippen molar-refractivity contribution < 1.29 is 10.2 Å². The molecule has 0 aliphatic rings. The molecule has 0 amide bonds. The zero-order valence-corrected chi connectivity index (χ0v) is 13.7. The van der Waals surface area contributed by atoms with E-state index in [0.717, 1.165) is 27.1 Å². The number of fused-ring (bicyclic) bond motifs is 4. The minimum Gasteiger partial charge on any atom is -0.508 e. The van der Waals surface area contributed by atoms with Crippen LogP contribution in [-0.2, 0) is 0 Å². The quantitative estimate of drug-likeness (QED) is 0.342. The molecule has 0 fully saturated rings. The highest BCUT2D eigenvalue weighted by molar-refractivity contribution is 6.09. The van der Waals surface area contributed by atoms with E-state index in [1.807, 2.05) is 19.1 Å². The van der Waals surface area contributed by atoms with E-state index in [2.05, 4.69) is 48.5 Å². The second-order valence-electron chi connectivity index (χ2n) is 6.68. The van der Waals surface area contributed by atoms with Crippen molar-refractivity contribution in [2.45, 2.75) is 6.92 Å². The minimum atomic E-state index is 0.110. The monoisotopic (exact) mass is 324 g/mol. The van der Waals surface area contributed by atoms with Crippen molar-refractivity contribution in [3.05, 3.63) is 72.3 Å². The predicted molar refractivity (Wildman–Crippen MR) is 105 cm³/mol. The average molecular weight is 324 g/mol. The second-order valence-corrected chi connectivity index (χ2v) is 6.68. The molecule has 5 aromatic rings. The first kappa shape index (κ1) is 14.1. The topological polar surface area (TPSA) is 40.5 Å². The zero-order chi connectivity index (χ0) is 17.1. The van der Waals surface area contributed by atoms with Crippen LogP contribution < -0.4 is 0 Å². The Morgan fingerprint density at radius 1 is 0.520 bits per heavy atom. The lowest BCUT2D eigenvalue weighted by molar-refractivity contribution is 0.452. The summed E-state index contributed by atoms with van der Waals surface area (Å²) in [4.78, 5) is 0. The summed E-state index contributed by atoms with van der Waals surface area (Å²) in [7, 11) is 0. The van der Waals surface area contributed by atoms with E-state index in [-0.39, 0.29) is 11.5 Å². The molecular formula is C23H16O2. The number of aromatic hydroxyl groups is 2. The average Bonchev–Trinajstić information content (AvgIpc) is 2.61. The van der Waals surface area contributed by atoms with Crippen molar-refractivity contribution in [3.8, 4) is 11.5 Å². The predicted octanol–water partition coefficient (Wildman–Crippen LogP) is 6.02. The van der Waals surface area contributed by atoms with Crippen molar-refractivity contribution in [1.82, 2.24) is 0 Å². The number of aryl methyl sites for hydroxylation is 1. The van der Waals surface area contributed by atoms with Gasteiger partial charge < -0.3 is 10.2 Å². The molecule has 0 aromatic heterocycles. The highest BCUT2D eigenvalue weighted by Gasteiger charge is 2.10. The van der Waals surface area contributed by atoms with Crippen LogP contribution in [0.1, 0.15) is 5.56 Å². The van der Waals surface area contributed by atoms with E-state index < -0.39 is 0 Å². The third-order valence-corrected chi connectivity index (χ3v) is 5.13. The Balaban J connectivity index is 1.93. The normalized spacial score (nSPS) is 11.7. The van der Waals surface area contributed by atoms with E-state index in [0.29, 0.717) is 0 Å². The molecule has 0 unspecified atom stereocenters. The molecule has 0 spiro atoms. The molecule has 0 aliphatic heterocycles. The minimum absolute atomic E-state index is 0.110. The molecule has 5 rings (SSSR count). The van der Waals surface area contributed by atoms with Gasteiger partial charge in [0.2, 0.25) is 0 Å². The van der Waals surface area contributed by atoms with Crippen LogP contribution in [0.4, 0.5) is 0 Å². The summed E-state index contributed by atoms with van der Waals surface area (Å²) in [6.07, 6.45) is 0. The Hall–Kier alpha value is -3.26. The molecular weight excluding hydrogens is 308 g/mol. The van der Waals surface area contributed by atoms with Gasteiger partial charge in [-0.2, -0.15) is 0 Å². The van der Waals surface area contributed by atoms with Crippen LogP contribution in [0.25, 0.3) is 43.1 Å². The fourth-order valence-electron chi connectivity index (χ4n) is 3.72. The molecule has 120 valence electrons. The van der Waals surface area contributed by atoms with Gasteiger partial charge in [-0.25, -0.2) is 0 Å². The van der Waals surface area contributed by atoms with Crippen molar-refractivity contribution in [3.63, 3.8) is 0 Å². The van der Waals surface area contributed by atoms with Gasteiger partial charge in [0.05, 0.1) is 0 Å². The second kappa shape index (κ2) is 4.87. The molecule has 0 bridgehead atoms. The lowest BCUT2D eigenvalue weighted by Crippen LogP contribution is -1.84. The number of rotatable bonds is 0. The fraction of sp³-hybridized carbons (Fsp3) is 0.0435. The Morgan fingerprint density at radius 3 is 1.60 bits per heavy atom. The van der Waals surface area contributed by atoms with Gasteiger partial charge in [-0.3, -0.25) is 0 Å². The van der Waals surface area contributed by atoms with Crippen molar-refractivity contribution >= 4 is 43.1 Å². The molecule has 0 radical (unpaired) electrons. The molecule has 0 saturated heterocycles. The Bertz CT molecular complexity index is 1320. The highest BCUT2D eigenvalue weighted by atomic mass is 16.3. The third kappa shape index (κ3) is 2.04. The number of phenolic OH excluding ortho intramolecular Hbond substituents is 2. The molecule has 0 atom stereocenters. The van der Waals surface area contributed by atoms with Gasteiger partial charge in [-0.1, -0.05) is 24.3 Å². The highest BCUT2D eigenvalue weighted by Crippen LogP contribution is 2.37. The Kier molecular flexibility index (Phi) is 2.75. The molecule has 0 aliphatic carbocycles. The molecule has 2 nitrogen and oxygen atoms in total. The lowest BCUT2D eigenvalue weighted by atomic mass is 9.95. The number of phenols is 2. The maximum absolute atomic E-state index is 10.2. The standard InChI is InChI=1S/C23H16O2/c1-13-20-10-18-8-16-6-14-4-2-3-5-15(14)7-17(16)9-19(18)11-21(20)23(25)12-22(13)24/h2-12,24-25H,1H3. The first-order chi connectivity index (χ1) is 12.1.